The number of amides is 1. The molecule has 3 nitrogen and oxygen atoms in total. The molecule has 1 unspecified atom stereocenters. The molecule has 0 saturated carbocycles. The second-order valence-corrected chi connectivity index (χ2v) is 5.09. The molecule has 0 aromatic heterocycles. The molecule has 15 heavy (non-hydrogen) atoms. The molecule has 88 valence electrons. The summed E-state index contributed by atoms with van der Waals surface area (Å²) in [5, 5.41) is 3.34. The minimum atomic E-state index is 0.0931. The zero-order chi connectivity index (χ0) is 11.1. The molecule has 1 amide bonds. The number of carbonyl (C=O) groups is 1. The maximum absolute atomic E-state index is 11.5. The fourth-order valence-electron chi connectivity index (χ4n) is 1.84. The molecule has 0 bridgehead atoms. The topological polar surface area (TPSA) is 32.3 Å². The summed E-state index contributed by atoms with van der Waals surface area (Å²) in [6.45, 7) is 1.89. The van der Waals surface area contributed by atoms with Crippen molar-refractivity contribution < 1.29 is 4.79 Å². The molecule has 1 heterocycles. The Hall–Kier alpha value is -0.220. The third-order valence-electron chi connectivity index (χ3n) is 2.84. The van der Waals surface area contributed by atoms with E-state index in [0.717, 1.165) is 19.5 Å². The summed E-state index contributed by atoms with van der Waals surface area (Å²) >= 11 is 1.90. The normalized spacial score (nSPS) is 21.3. The van der Waals surface area contributed by atoms with Crippen LogP contribution < -0.4 is 5.32 Å². The number of nitrogens with zero attached hydrogens (tertiary/aromatic N) is 1. The van der Waals surface area contributed by atoms with Gasteiger partial charge in [0.05, 0.1) is 6.04 Å². The third-order valence-corrected chi connectivity index (χ3v) is 3.54. The predicted molar refractivity (Wildman–Crippen MR) is 66.3 cm³/mol. The first-order chi connectivity index (χ1) is 7.25. The maximum Gasteiger partial charge on any atom is 0.239 e. The minimum Gasteiger partial charge on any atom is -0.344 e. The van der Waals surface area contributed by atoms with Gasteiger partial charge < -0.3 is 10.2 Å². The van der Waals surface area contributed by atoms with Crippen molar-refractivity contribution in [1.29, 1.82) is 0 Å². The van der Waals surface area contributed by atoms with E-state index in [-0.39, 0.29) is 11.9 Å². The average molecular weight is 230 g/mol. The van der Waals surface area contributed by atoms with Crippen molar-refractivity contribution in [2.24, 2.45) is 0 Å². The molecular formula is C11H22N2OS. The predicted octanol–water partition coefficient (Wildman–Crippen LogP) is 1.34. The fourth-order valence-corrected chi connectivity index (χ4v) is 2.33. The van der Waals surface area contributed by atoms with Crippen molar-refractivity contribution in [2.45, 2.75) is 31.7 Å². The van der Waals surface area contributed by atoms with Crippen molar-refractivity contribution in [3.05, 3.63) is 0 Å². The van der Waals surface area contributed by atoms with E-state index in [1.54, 1.807) is 0 Å². The van der Waals surface area contributed by atoms with Gasteiger partial charge in [0.25, 0.3) is 0 Å². The van der Waals surface area contributed by atoms with Crippen molar-refractivity contribution >= 4 is 17.7 Å². The Balaban J connectivity index is 1.98. The first-order valence-corrected chi connectivity index (χ1v) is 7.12. The number of likely N-dealkylation sites (tertiary alicyclic amines) is 1. The van der Waals surface area contributed by atoms with Crippen LogP contribution in [0, 0.1) is 0 Å². The number of nitrogens with one attached hydrogen (secondary N) is 1. The number of rotatable bonds is 7. The number of thioether (sulfide) groups is 1. The summed E-state index contributed by atoms with van der Waals surface area (Å²) in [6, 6.07) is 0.0931. The highest BCUT2D eigenvalue weighted by molar-refractivity contribution is 7.98. The van der Waals surface area contributed by atoms with Crippen LogP contribution in [0.4, 0.5) is 0 Å². The minimum absolute atomic E-state index is 0.0931. The lowest BCUT2D eigenvalue weighted by Gasteiger charge is -2.11. The standard InChI is InChI=1S/C11H22N2OS/c1-13-8-6-10(11(13)14)12-7-4-3-5-9-15-2/h10,12H,3-9H2,1-2H3. The van der Waals surface area contributed by atoms with Gasteiger partial charge in [-0.3, -0.25) is 4.79 Å². The Kier molecular flexibility index (Phi) is 6.10. The SMILES string of the molecule is CSCCCCCNC1CCN(C)C1=O. The Labute approximate surface area is 97.0 Å². The lowest BCUT2D eigenvalue weighted by atomic mass is 10.2. The van der Waals surface area contributed by atoms with Crippen LogP contribution in [-0.4, -0.2) is 49.0 Å². The zero-order valence-corrected chi connectivity index (χ0v) is 10.6. The molecule has 1 atom stereocenters. The van der Waals surface area contributed by atoms with Crippen LogP contribution in [0.25, 0.3) is 0 Å². The molecule has 0 aliphatic carbocycles. The molecule has 1 aliphatic rings. The van der Waals surface area contributed by atoms with Crippen LogP contribution >= 0.6 is 11.8 Å². The highest BCUT2D eigenvalue weighted by atomic mass is 32.2. The summed E-state index contributed by atoms with van der Waals surface area (Å²) in [5.74, 6) is 1.52. The van der Waals surface area contributed by atoms with Gasteiger partial charge >= 0.3 is 0 Å². The first-order valence-electron chi connectivity index (χ1n) is 5.73. The van der Waals surface area contributed by atoms with Crippen LogP contribution in [0.2, 0.25) is 0 Å². The van der Waals surface area contributed by atoms with Gasteiger partial charge in [-0.05, 0) is 37.8 Å². The van der Waals surface area contributed by atoms with E-state index in [9.17, 15) is 4.79 Å². The lowest BCUT2D eigenvalue weighted by Crippen LogP contribution is -2.37. The Bertz CT molecular complexity index is 199. The molecular weight excluding hydrogens is 208 g/mol. The summed E-state index contributed by atoms with van der Waals surface area (Å²) in [5.41, 5.74) is 0. The van der Waals surface area contributed by atoms with Gasteiger partial charge in [0.15, 0.2) is 0 Å². The highest BCUT2D eigenvalue weighted by Gasteiger charge is 2.27. The molecule has 4 heteroatoms. The van der Waals surface area contributed by atoms with Crippen LogP contribution in [0.1, 0.15) is 25.7 Å². The molecule has 1 aliphatic heterocycles. The average Bonchev–Trinajstić information content (AvgIpc) is 2.54. The second kappa shape index (κ2) is 7.12. The largest absolute Gasteiger partial charge is 0.344 e. The molecule has 0 aromatic carbocycles. The molecule has 1 saturated heterocycles. The third kappa shape index (κ3) is 4.43. The molecule has 0 spiro atoms. The van der Waals surface area contributed by atoms with Gasteiger partial charge in [-0.15, -0.1) is 0 Å². The van der Waals surface area contributed by atoms with Crippen molar-refractivity contribution in [3.63, 3.8) is 0 Å². The number of unbranched alkanes of at least 4 members (excludes halogenated alkanes) is 2. The Morgan fingerprint density at radius 3 is 2.87 bits per heavy atom. The first kappa shape index (κ1) is 12.8. The molecule has 0 aromatic rings. The molecule has 1 rings (SSSR count). The van der Waals surface area contributed by atoms with Gasteiger partial charge in [0, 0.05) is 13.6 Å². The van der Waals surface area contributed by atoms with Gasteiger partial charge in [-0.2, -0.15) is 11.8 Å². The smallest absolute Gasteiger partial charge is 0.239 e. The van der Waals surface area contributed by atoms with Crippen LogP contribution in [0.3, 0.4) is 0 Å². The lowest BCUT2D eigenvalue weighted by molar-refractivity contribution is -0.128. The zero-order valence-electron chi connectivity index (χ0n) is 9.79. The van der Waals surface area contributed by atoms with Gasteiger partial charge in [0.1, 0.15) is 0 Å². The van der Waals surface area contributed by atoms with E-state index in [0.29, 0.717) is 0 Å². The molecule has 1 fully saturated rings. The number of carbonyl (C=O) groups excluding carboxylic acids is 1. The van der Waals surface area contributed by atoms with Gasteiger partial charge in [-0.25, -0.2) is 0 Å². The number of hydrogen-bond acceptors (Lipinski definition) is 3. The number of hydrogen-bond donors (Lipinski definition) is 1. The summed E-state index contributed by atoms with van der Waals surface area (Å²) < 4.78 is 0. The maximum atomic E-state index is 11.5. The number of likely N-dealkylation sites (N-methyl/N-ethyl adjacent to an activating group) is 1. The summed E-state index contributed by atoms with van der Waals surface area (Å²) in [7, 11) is 1.88. The van der Waals surface area contributed by atoms with Crippen molar-refractivity contribution in [1.82, 2.24) is 10.2 Å². The second-order valence-electron chi connectivity index (χ2n) is 4.11. The summed E-state index contributed by atoms with van der Waals surface area (Å²) in [6.07, 6.45) is 6.87. The quantitative estimate of drug-likeness (QED) is 0.670. The van der Waals surface area contributed by atoms with E-state index < -0.39 is 0 Å². The van der Waals surface area contributed by atoms with E-state index >= 15 is 0 Å². The van der Waals surface area contributed by atoms with Crippen LogP contribution in [-0.2, 0) is 4.79 Å². The van der Waals surface area contributed by atoms with E-state index in [1.165, 1.54) is 25.0 Å². The van der Waals surface area contributed by atoms with Gasteiger partial charge in [0.2, 0.25) is 5.91 Å². The van der Waals surface area contributed by atoms with Gasteiger partial charge in [-0.1, -0.05) is 6.42 Å². The van der Waals surface area contributed by atoms with E-state index in [4.69, 9.17) is 0 Å². The Morgan fingerprint density at radius 2 is 2.27 bits per heavy atom. The summed E-state index contributed by atoms with van der Waals surface area (Å²) in [4.78, 5) is 13.3. The molecule has 1 N–H and O–H groups in total. The van der Waals surface area contributed by atoms with E-state index in [1.807, 2.05) is 23.7 Å². The monoisotopic (exact) mass is 230 g/mol. The van der Waals surface area contributed by atoms with Crippen molar-refractivity contribution in [3.8, 4) is 0 Å². The van der Waals surface area contributed by atoms with Crippen molar-refractivity contribution in [2.75, 3.05) is 32.1 Å². The molecule has 0 radical (unpaired) electrons. The Morgan fingerprint density at radius 1 is 1.47 bits per heavy atom. The van der Waals surface area contributed by atoms with Crippen LogP contribution in [0.5, 0.6) is 0 Å². The van der Waals surface area contributed by atoms with Crippen LogP contribution in [0.15, 0.2) is 0 Å². The van der Waals surface area contributed by atoms with E-state index in [2.05, 4.69) is 11.6 Å². The highest BCUT2D eigenvalue weighted by Crippen LogP contribution is 2.08. The fraction of sp³-hybridized carbons (Fsp3) is 0.909.